The number of hydrogen-bond donors (Lipinski definition) is 1. The first-order valence-electron chi connectivity index (χ1n) is 7.24. The van der Waals surface area contributed by atoms with Crippen molar-refractivity contribution < 1.29 is 17.9 Å². The van der Waals surface area contributed by atoms with E-state index in [0.717, 1.165) is 12.8 Å². The summed E-state index contributed by atoms with van der Waals surface area (Å²) in [6.07, 6.45) is 2.52. The summed E-state index contributed by atoms with van der Waals surface area (Å²) in [5.74, 6) is 1.09. The Morgan fingerprint density at radius 3 is 2.57 bits per heavy atom. The van der Waals surface area contributed by atoms with E-state index in [-0.39, 0.29) is 10.9 Å². The molecule has 2 aliphatic rings. The van der Waals surface area contributed by atoms with Crippen molar-refractivity contribution in [2.75, 3.05) is 26.3 Å². The molecule has 0 saturated heterocycles. The third-order valence-electron chi connectivity index (χ3n) is 3.66. The van der Waals surface area contributed by atoms with Crippen LogP contribution in [0.25, 0.3) is 0 Å². The van der Waals surface area contributed by atoms with E-state index in [0.29, 0.717) is 44.2 Å². The molecule has 1 aliphatic heterocycles. The number of nitrogens with two attached hydrogens (primary N) is 1. The van der Waals surface area contributed by atoms with Gasteiger partial charge < -0.3 is 15.2 Å². The van der Waals surface area contributed by atoms with Crippen LogP contribution >= 0.6 is 0 Å². The molecule has 3 rings (SSSR count). The second-order valence-electron chi connectivity index (χ2n) is 5.29. The number of ether oxygens (including phenoxy) is 2. The minimum atomic E-state index is -3.50. The van der Waals surface area contributed by atoms with E-state index in [9.17, 15) is 8.42 Å². The van der Waals surface area contributed by atoms with Crippen LogP contribution in [0.3, 0.4) is 0 Å². The molecule has 0 unspecified atom stereocenters. The molecule has 0 spiro atoms. The highest BCUT2D eigenvalue weighted by atomic mass is 32.2. The fourth-order valence-corrected chi connectivity index (χ4v) is 4.17. The predicted octanol–water partition coefficient (Wildman–Crippen LogP) is 0.960. The van der Waals surface area contributed by atoms with Gasteiger partial charge in [0.05, 0.1) is 4.90 Å². The Labute approximate surface area is 124 Å². The molecule has 7 heteroatoms. The molecule has 1 fully saturated rings. The zero-order chi connectivity index (χ0) is 14.9. The molecule has 21 heavy (non-hydrogen) atoms. The maximum atomic E-state index is 12.8. The van der Waals surface area contributed by atoms with E-state index in [1.165, 1.54) is 0 Å². The second-order valence-corrected chi connectivity index (χ2v) is 7.19. The van der Waals surface area contributed by atoms with Crippen LogP contribution in [0, 0.1) is 0 Å². The zero-order valence-electron chi connectivity index (χ0n) is 11.8. The Balaban J connectivity index is 1.89. The van der Waals surface area contributed by atoms with E-state index in [1.54, 1.807) is 22.5 Å². The fraction of sp³-hybridized carbons (Fsp3) is 0.571. The zero-order valence-corrected chi connectivity index (χ0v) is 12.6. The van der Waals surface area contributed by atoms with Crippen molar-refractivity contribution in [2.24, 2.45) is 5.73 Å². The maximum absolute atomic E-state index is 12.8. The van der Waals surface area contributed by atoms with Crippen molar-refractivity contribution in [1.29, 1.82) is 0 Å². The molecule has 1 heterocycles. The van der Waals surface area contributed by atoms with Crippen molar-refractivity contribution in [1.82, 2.24) is 4.31 Å². The van der Waals surface area contributed by atoms with E-state index in [1.807, 2.05) is 0 Å². The third-order valence-corrected chi connectivity index (χ3v) is 5.60. The Kier molecular flexibility index (Phi) is 4.05. The quantitative estimate of drug-likeness (QED) is 0.846. The molecule has 1 aromatic carbocycles. The molecular formula is C14H20N2O4S. The van der Waals surface area contributed by atoms with E-state index >= 15 is 0 Å². The lowest BCUT2D eigenvalue weighted by atomic mass is 10.3. The summed E-state index contributed by atoms with van der Waals surface area (Å²) in [4.78, 5) is 0.260. The van der Waals surface area contributed by atoms with Crippen LogP contribution in [0.5, 0.6) is 11.5 Å². The van der Waals surface area contributed by atoms with Crippen molar-refractivity contribution in [3.63, 3.8) is 0 Å². The van der Waals surface area contributed by atoms with E-state index in [2.05, 4.69) is 0 Å². The first-order chi connectivity index (χ1) is 10.1. The van der Waals surface area contributed by atoms with Gasteiger partial charge in [0.15, 0.2) is 11.5 Å². The van der Waals surface area contributed by atoms with Gasteiger partial charge in [-0.15, -0.1) is 0 Å². The van der Waals surface area contributed by atoms with Crippen LogP contribution in [-0.2, 0) is 10.0 Å². The standard InChI is InChI=1S/C14H20N2O4S/c15-6-1-7-16(11-2-3-11)21(17,18)12-4-5-13-14(10-12)20-9-8-19-13/h4-5,10-11H,1-3,6-9,15H2. The molecule has 0 amide bonds. The number of sulfonamides is 1. The maximum Gasteiger partial charge on any atom is 0.243 e. The van der Waals surface area contributed by atoms with Crippen molar-refractivity contribution in [2.45, 2.75) is 30.2 Å². The Hall–Kier alpha value is -1.31. The second kappa shape index (κ2) is 5.82. The molecule has 1 aromatic rings. The van der Waals surface area contributed by atoms with Gasteiger partial charge >= 0.3 is 0 Å². The first-order valence-corrected chi connectivity index (χ1v) is 8.68. The van der Waals surface area contributed by atoms with Gasteiger partial charge in [-0.3, -0.25) is 0 Å². The Bertz CT molecular complexity index is 613. The smallest absolute Gasteiger partial charge is 0.243 e. The molecule has 1 aliphatic carbocycles. The number of rotatable bonds is 6. The fourth-order valence-electron chi connectivity index (χ4n) is 2.43. The molecule has 0 aromatic heterocycles. The normalized spacial score (nSPS) is 18.0. The van der Waals surface area contributed by atoms with Gasteiger partial charge in [0.25, 0.3) is 0 Å². The van der Waals surface area contributed by atoms with Crippen molar-refractivity contribution in [3.8, 4) is 11.5 Å². The summed E-state index contributed by atoms with van der Waals surface area (Å²) in [6.45, 7) is 1.89. The monoisotopic (exact) mass is 312 g/mol. The van der Waals surface area contributed by atoms with Gasteiger partial charge in [0.1, 0.15) is 13.2 Å². The summed E-state index contributed by atoms with van der Waals surface area (Å²) < 4.78 is 38.1. The average Bonchev–Trinajstić information content (AvgIpc) is 3.31. The van der Waals surface area contributed by atoms with E-state index in [4.69, 9.17) is 15.2 Å². The number of hydrogen-bond acceptors (Lipinski definition) is 5. The van der Waals surface area contributed by atoms with Crippen LogP contribution in [0.1, 0.15) is 19.3 Å². The number of benzene rings is 1. The van der Waals surface area contributed by atoms with Crippen molar-refractivity contribution >= 4 is 10.0 Å². The summed E-state index contributed by atoms with van der Waals surface area (Å²) in [5, 5.41) is 0. The number of fused-ring (bicyclic) bond motifs is 1. The third kappa shape index (κ3) is 3.00. The Morgan fingerprint density at radius 1 is 1.19 bits per heavy atom. The molecule has 0 radical (unpaired) electrons. The van der Waals surface area contributed by atoms with E-state index < -0.39 is 10.0 Å². The highest BCUT2D eigenvalue weighted by Crippen LogP contribution is 2.36. The number of nitrogens with zero attached hydrogens (tertiary/aromatic N) is 1. The summed E-state index contributed by atoms with van der Waals surface area (Å²) in [7, 11) is -3.50. The molecule has 0 atom stereocenters. The van der Waals surface area contributed by atoms with Crippen LogP contribution in [0.2, 0.25) is 0 Å². The molecule has 2 N–H and O–H groups in total. The van der Waals surface area contributed by atoms with Gasteiger partial charge in [-0.25, -0.2) is 8.42 Å². The van der Waals surface area contributed by atoms with Crippen LogP contribution < -0.4 is 15.2 Å². The molecule has 6 nitrogen and oxygen atoms in total. The lowest BCUT2D eigenvalue weighted by Gasteiger charge is -2.23. The minimum absolute atomic E-state index is 0.120. The van der Waals surface area contributed by atoms with Crippen LogP contribution in [-0.4, -0.2) is 45.1 Å². The molecular weight excluding hydrogens is 292 g/mol. The van der Waals surface area contributed by atoms with Gasteiger partial charge in [0, 0.05) is 18.7 Å². The Morgan fingerprint density at radius 2 is 1.90 bits per heavy atom. The summed E-state index contributed by atoms with van der Waals surface area (Å²) in [5.41, 5.74) is 5.51. The minimum Gasteiger partial charge on any atom is -0.486 e. The largest absolute Gasteiger partial charge is 0.486 e. The molecule has 1 saturated carbocycles. The van der Waals surface area contributed by atoms with Gasteiger partial charge in [-0.1, -0.05) is 0 Å². The summed E-state index contributed by atoms with van der Waals surface area (Å²) >= 11 is 0. The lowest BCUT2D eigenvalue weighted by molar-refractivity contribution is 0.171. The summed E-state index contributed by atoms with van der Waals surface area (Å²) in [6, 6.07) is 4.92. The van der Waals surface area contributed by atoms with Gasteiger partial charge in [0.2, 0.25) is 10.0 Å². The average molecular weight is 312 g/mol. The molecule has 116 valence electrons. The highest BCUT2D eigenvalue weighted by molar-refractivity contribution is 7.89. The van der Waals surface area contributed by atoms with Gasteiger partial charge in [-0.2, -0.15) is 4.31 Å². The first kappa shape index (κ1) is 14.6. The molecule has 0 bridgehead atoms. The predicted molar refractivity (Wildman–Crippen MR) is 78.0 cm³/mol. The van der Waals surface area contributed by atoms with Crippen molar-refractivity contribution in [3.05, 3.63) is 18.2 Å². The SMILES string of the molecule is NCCCN(C1CC1)S(=O)(=O)c1ccc2c(c1)OCCO2. The lowest BCUT2D eigenvalue weighted by Crippen LogP contribution is -2.35. The van der Waals surface area contributed by atoms with Gasteiger partial charge in [-0.05, 0) is 37.9 Å². The highest BCUT2D eigenvalue weighted by Gasteiger charge is 2.38. The van der Waals surface area contributed by atoms with Crippen LogP contribution in [0.4, 0.5) is 0 Å². The van der Waals surface area contributed by atoms with Crippen LogP contribution in [0.15, 0.2) is 23.1 Å². The topological polar surface area (TPSA) is 81.9 Å².